The van der Waals surface area contributed by atoms with E-state index in [9.17, 15) is 5.48 Å². The van der Waals surface area contributed by atoms with E-state index < -0.39 is 43.0 Å². The van der Waals surface area contributed by atoms with Crippen LogP contribution in [-0.2, 0) is 5.41 Å². The lowest BCUT2D eigenvalue weighted by Crippen LogP contribution is -2.60. The quantitative estimate of drug-likeness (QED) is 0.160. The lowest BCUT2D eigenvalue weighted by molar-refractivity contribution is 0.591. The van der Waals surface area contributed by atoms with Gasteiger partial charge in [0, 0.05) is 54.9 Å². The first-order valence-corrected chi connectivity index (χ1v) is 27.3. The molecule has 80 heavy (non-hydrogen) atoms. The maximum Gasteiger partial charge on any atom is 0.252 e. The standard InChI is InChI=1S/C76H52BN3/c1-76(2,3)53-37-41-67-62(45-53)63-42-52(49-24-11-6-12-25-49)43-65-74(63)80(67)70-46-69-71(61-32-19-31-60-58-29-16-14-27-56(58)55-26-13-15-28-57(55)59-30-17-18-33-66(59)79(69)73(60)61)75-72(70)77(65)64-40-36-51(48-22-9-5-10-23-48)44-68(64)78(75)54-38-34-50(35-39-54)47-20-7-4-8-21-47/h4-46H,1-3H3/i5D,6D,9D,10D,11D,12D,22D,23D,24D,25D. The van der Waals surface area contributed by atoms with Gasteiger partial charge in [-0.3, -0.25) is 0 Å². The summed E-state index contributed by atoms with van der Waals surface area (Å²) in [6.07, 6.45) is 0. The Bertz CT molecular complexity index is 5730. The van der Waals surface area contributed by atoms with Crippen LogP contribution >= 0.6 is 0 Å². The van der Waals surface area contributed by atoms with Crippen molar-refractivity contribution in [1.82, 2.24) is 8.97 Å². The number of aromatic nitrogens is 2. The van der Waals surface area contributed by atoms with Crippen LogP contribution in [0.1, 0.15) is 40.0 Å². The molecule has 4 heteroatoms. The maximum atomic E-state index is 9.49. The highest BCUT2D eigenvalue weighted by Gasteiger charge is 2.44. The second-order valence-electron chi connectivity index (χ2n) is 22.4. The number of anilines is 3. The molecule has 0 aliphatic carbocycles. The summed E-state index contributed by atoms with van der Waals surface area (Å²) in [5, 5.41) is 10.2. The molecule has 0 bridgehead atoms. The van der Waals surface area contributed by atoms with Crippen molar-refractivity contribution in [2.45, 2.75) is 26.2 Å². The van der Waals surface area contributed by atoms with Gasteiger partial charge in [0.2, 0.25) is 0 Å². The molecule has 0 saturated heterocycles. The largest absolute Gasteiger partial charge is 0.311 e. The minimum Gasteiger partial charge on any atom is -0.311 e. The average molecular weight is 1030 g/mol. The van der Waals surface area contributed by atoms with E-state index in [0.717, 1.165) is 132 Å². The zero-order chi connectivity index (χ0) is 61.7. The Kier molecular flexibility index (Phi) is 7.61. The van der Waals surface area contributed by atoms with Crippen LogP contribution in [-0.4, -0.2) is 15.7 Å². The highest BCUT2D eigenvalue weighted by atomic mass is 15.2. The SMILES string of the molecule is [2H]c1c([2H])c([2H])c(-c2ccc3c(c2)N(c2ccc(-c4ccccc4)cc2)c2c4c(cc5c2c2cccc6c7ccccc7c7ccccc7c7ccccc7n5c62)-n2c5ccc(C(C)(C)C)cc5c5cc(-c6c([2H])c([2H])c([2H])c([2H])c6[2H])cc(c52)B34)c([2H])c1[2H]. The molecule has 12 aromatic carbocycles. The van der Waals surface area contributed by atoms with Crippen LogP contribution in [0.25, 0.3) is 121 Å². The van der Waals surface area contributed by atoms with Gasteiger partial charge in [-0.2, -0.15) is 0 Å². The van der Waals surface area contributed by atoms with Gasteiger partial charge in [-0.1, -0.05) is 233 Å². The van der Waals surface area contributed by atoms with Gasteiger partial charge in [-0.15, -0.1) is 0 Å². The molecule has 0 saturated carbocycles. The highest BCUT2D eigenvalue weighted by molar-refractivity contribution is 7.00. The van der Waals surface area contributed by atoms with Crippen LogP contribution in [0.3, 0.4) is 0 Å². The number of para-hydroxylation sites is 2. The van der Waals surface area contributed by atoms with E-state index >= 15 is 0 Å². The second kappa shape index (κ2) is 16.8. The molecule has 0 radical (unpaired) electrons. The molecule has 2 aliphatic rings. The highest BCUT2D eigenvalue weighted by Crippen LogP contribution is 2.50. The topological polar surface area (TPSA) is 12.6 Å². The van der Waals surface area contributed by atoms with E-state index in [4.69, 9.17) is 8.22 Å². The normalized spacial score (nSPS) is 14.6. The zero-order valence-corrected chi connectivity index (χ0v) is 44.0. The molecule has 0 spiro atoms. The predicted molar refractivity (Wildman–Crippen MR) is 342 cm³/mol. The van der Waals surface area contributed by atoms with Crippen molar-refractivity contribution in [1.29, 1.82) is 0 Å². The van der Waals surface area contributed by atoms with Gasteiger partial charge < -0.3 is 13.9 Å². The van der Waals surface area contributed by atoms with Crippen LogP contribution in [0.15, 0.2) is 261 Å². The van der Waals surface area contributed by atoms with Crippen LogP contribution in [0.4, 0.5) is 17.1 Å². The minimum absolute atomic E-state index is 0.0723. The fourth-order valence-corrected chi connectivity index (χ4v) is 13.7. The van der Waals surface area contributed by atoms with Crippen LogP contribution in [0, 0.1) is 0 Å². The second-order valence-corrected chi connectivity index (χ2v) is 22.4. The number of hydrogen-bond acceptors (Lipinski definition) is 1. The summed E-state index contributed by atoms with van der Waals surface area (Å²) in [5.74, 6) is 0. The molecule has 374 valence electrons. The molecule has 3 nitrogen and oxygen atoms in total. The molecule has 0 atom stereocenters. The van der Waals surface area contributed by atoms with Crippen molar-refractivity contribution in [2.75, 3.05) is 4.90 Å². The van der Waals surface area contributed by atoms with Gasteiger partial charge >= 0.3 is 0 Å². The summed E-state index contributed by atoms with van der Waals surface area (Å²) in [6.45, 7) is 5.98. The Morgan fingerprint density at radius 3 is 1.69 bits per heavy atom. The lowest BCUT2D eigenvalue weighted by Gasteiger charge is -2.41. The third kappa shape index (κ3) is 6.39. The van der Waals surface area contributed by atoms with Gasteiger partial charge in [0.05, 0.1) is 41.5 Å². The first-order chi connectivity index (χ1) is 43.5. The molecule has 0 fully saturated rings. The Hall–Kier alpha value is -9.90. The third-order valence-electron chi connectivity index (χ3n) is 17.2. The van der Waals surface area contributed by atoms with Gasteiger partial charge in [0.15, 0.2) is 0 Å². The maximum absolute atomic E-state index is 9.49. The lowest BCUT2D eigenvalue weighted by atomic mass is 9.33. The molecule has 5 heterocycles. The summed E-state index contributed by atoms with van der Waals surface area (Å²) >= 11 is 0. The molecule has 0 unspecified atom stereocenters. The number of rotatable bonds is 4. The summed E-state index contributed by atoms with van der Waals surface area (Å²) in [4.78, 5) is 2.32. The van der Waals surface area contributed by atoms with E-state index in [1.165, 1.54) is 0 Å². The van der Waals surface area contributed by atoms with Gasteiger partial charge in [-0.25, -0.2) is 0 Å². The molecule has 0 N–H and O–H groups in total. The summed E-state index contributed by atoms with van der Waals surface area (Å²) in [6, 6.07) is 66.5. The predicted octanol–water partition coefficient (Wildman–Crippen LogP) is 18.3. The molecule has 17 rings (SSSR count). The van der Waals surface area contributed by atoms with Crippen molar-refractivity contribution in [3.63, 3.8) is 0 Å². The average Bonchev–Trinajstić information content (AvgIpc) is 1.40. The van der Waals surface area contributed by atoms with Crippen molar-refractivity contribution in [3.8, 4) is 39.1 Å². The number of benzene rings is 12. The monoisotopic (exact) mass is 1030 g/mol. The number of fused-ring (bicyclic) bond motifs is 18. The van der Waals surface area contributed by atoms with Crippen LogP contribution in [0.2, 0.25) is 0 Å². The first kappa shape index (κ1) is 36.2. The molecule has 2 aliphatic heterocycles. The third-order valence-corrected chi connectivity index (χ3v) is 17.2. The van der Waals surface area contributed by atoms with E-state index in [1.807, 2.05) is 48.5 Å². The summed E-state index contributed by atoms with van der Waals surface area (Å²) in [7, 11) is 0. The Labute approximate surface area is 478 Å². The minimum atomic E-state index is -0.602. The smallest absolute Gasteiger partial charge is 0.252 e. The van der Waals surface area contributed by atoms with Crippen molar-refractivity contribution < 1.29 is 13.7 Å². The van der Waals surface area contributed by atoms with Gasteiger partial charge in [0.1, 0.15) is 0 Å². The van der Waals surface area contributed by atoms with Crippen LogP contribution < -0.4 is 21.3 Å². The van der Waals surface area contributed by atoms with Crippen molar-refractivity contribution in [2.24, 2.45) is 0 Å². The Balaban J connectivity index is 1.13. The summed E-state index contributed by atoms with van der Waals surface area (Å²) in [5.41, 5.74) is 14.7. The molecular formula is C76H52BN3. The van der Waals surface area contributed by atoms with E-state index in [2.05, 4.69) is 186 Å². The Morgan fingerprint density at radius 2 is 0.975 bits per heavy atom. The molecular weight excluding hydrogens is 966 g/mol. The van der Waals surface area contributed by atoms with Crippen molar-refractivity contribution >= 4 is 122 Å². The Morgan fingerprint density at radius 1 is 0.375 bits per heavy atom. The first-order valence-electron chi connectivity index (χ1n) is 32.3. The van der Waals surface area contributed by atoms with Gasteiger partial charge in [-0.05, 0) is 131 Å². The van der Waals surface area contributed by atoms with E-state index in [1.54, 1.807) is 0 Å². The molecule has 0 amide bonds. The fraction of sp³-hybridized carbons (Fsp3) is 0.0526. The van der Waals surface area contributed by atoms with E-state index in [0.29, 0.717) is 16.8 Å². The fourth-order valence-electron chi connectivity index (χ4n) is 13.7. The molecule has 15 aromatic rings. The van der Waals surface area contributed by atoms with Crippen LogP contribution in [0.5, 0.6) is 0 Å². The molecule has 3 aromatic heterocycles. The zero-order valence-electron chi connectivity index (χ0n) is 54.0. The summed E-state index contributed by atoms with van der Waals surface area (Å²) < 4.78 is 95.8. The number of hydrogen-bond donors (Lipinski definition) is 0. The van der Waals surface area contributed by atoms with Gasteiger partial charge in [0.25, 0.3) is 6.71 Å². The van der Waals surface area contributed by atoms with Crippen molar-refractivity contribution in [3.05, 3.63) is 266 Å². The number of nitrogens with zero attached hydrogens (tertiary/aromatic N) is 3. The van der Waals surface area contributed by atoms with E-state index in [-0.39, 0.29) is 40.7 Å².